The molecule has 0 aliphatic carbocycles. The normalized spacial score (nSPS) is 17.0. The predicted octanol–water partition coefficient (Wildman–Crippen LogP) is 1.21. The largest absolute Gasteiger partial charge is 0.339 e. The molecule has 0 radical (unpaired) electrons. The summed E-state index contributed by atoms with van der Waals surface area (Å²) in [6.45, 7) is 7.07. The molecule has 0 saturated carbocycles. The molecule has 1 fully saturated rings. The average molecular weight is 329 g/mol. The maximum atomic E-state index is 11.6. The molecule has 0 spiro atoms. The molecule has 1 aromatic heterocycles. The Hall–Kier alpha value is -2.25. The zero-order valence-corrected chi connectivity index (χ0v) is 14.1. The highest BCUT2D eigenvalue weighted by atomic mass is 16.5. The topological polar surface area (TPSA) is 88.5 Å². The van der Waals surface area contributed by atoms with Crippen molar-refractivity contribution in [2.45, 2.75) is 19.9 Å². The van der Waals surface area contributed by atoms with Crippen molar-refractivity contribution in [2.75, 3.05) is 32.7 Å². The quantitative estimate of drug-likeness (QED) is 0.907. The molecule has 1 aliphatic rings. The van der Waals surface area contributed by atoms with Crippen LogP contribution in [0.1, 0.15) is 24.4 Å². The van der Waals surface area contributed by atoms with E-state index in [-0.39, 0.29) is 18.5 Å². The molecule has 1 amide bonds. The zero-order valence-electron chi connectivity index (χ0n) is 14.1. The molecular weight excluding hydrogens is 306 g/mol. The number of aryl methyl sites for hydroxylation is 1. The molecular formula is C17H23N5O2. The number of rotatable bonds is 4. The van der Waals surface area contributed by atoms with Crippen molar-refractivity contribution in [2.24, 2.45) is 5.73 Å². The lowest BCUT2D eigenvalue weighted by molar-refractivity contribution is -0.131. The van der Waals surface area contributed by atoms with Gasteiger partial charge < -0.3 is 15.2 Å². The first-order chi connectivity index (χ1) is 11.6. The van der Waals surface area contributed by atoms with Crippen molar-refractivity contribution >= 4 is 5.91 Å². The van der Waals surface area contributed by atoms with Crippen molar-refractivity contribution in [3.63, 3.8) is 0 Å². The Morgan fingerprint density at radius 3 is 2.54 bits per heavy atom. The number of benzene rings is 1. The van der Waals surface area contributed by atoms with E-state index in [0.29, 0.717) is 24.8 Å². The molecule has 1 atom stereocenters. The zero-order chi connectivity index (χ0) is 17.1. The van der Waals surface area contributed by atoms with Gasteiger partial charge in [-0.1, -0.05) is 35.0 Å². The average Bonchev–Trinajstić information content (AvgIpc) is 3.11. The van der Waals surface area contributed by atoms with Crippen molar-refractivity contribution in [1.82, 2.24) is 19.9 Å². The Kier molecular flexibility index (Phi) is 4.92. The summed E-state index contributed by atoms with van der Waals surface area (Å²) < 4.78 is 5.46. The Balaban J connectivity index is 1.65. The Labute approximate surface area is 141 Å². The van der Waals surface area contributed by atoms with Crippen LogP contribution in [-0.4, -0.2) is 58.6 Å². The molecule has 24 heavy (non-hydrogen) atoms. The van der Waals surface area contributed by atoms with Crippen LogP contribution in [0.2, 0.25) is 0 Å². The maximum Gasteiger partial charge on any atom is 0.244 e. The van der Waals surface area contributed by atoms with Gasteiger partial charge in [0, 0.05) is 31.7 Å². The van der Waals surface area contributed by atoms with Crippen LogP contribution in [0, 0.1) is 6.92 Å². The van der Waals surface area contributed by atoms with Gasteiger partial charge in [-0.3, -0.25) is 9.69 Å². The summed E-state index contributed by atoms with van der Waals surface area (Å²) in [6, 6.07) is 8.06. The van der Waals surface area contributed by atoms with E-state index in [0.717, 1.165) is 18.7 Å². The molecule has 7 heteroatoms. The van der Waals surface area contributed by atoms with Crippen LogP contribution in [0.3, 0.4) is 0 Å². The second kappa shape index (κ2) is 7.11. The number of hydrogen-bond donors (Lipinski definition) is 1. The summed E-state index contributed by atoms with van der Waals surface area (Å²) in [4.78, 5) is 20.2. The molecule has 128 valence electrons. The molecule has 2 heterocycles. The van der Waals surface area contributed by atoms with Gasteiger partial charge in [-0.15, -0.1) is 0 Å². The first-order valence-electron chi connectivity index (χ1n) is 8.21. The van der Waals surface area contributed by atoms with Gasteiger partial charge in [0.1, 0.15) is 0 Å². The summed E-state index contributed by atoms with van der Waals surface area (Å²) in [5.74, 6) is 1.21. The molecule has 2 N–H and O–H groups in total. The van der Waals surface area contributed by atoms with Crippen LogP contribution >= 0.6 is 0 Å². The standard InChI is InChI=1S/C17H23N5O2/c1-12-3-5-14(6-4-12)16-19-17(24-20-16)13(2)21-7-9-22(10-8-21)15(23)11-18/h3-6,13H,7-11,18H2,1-2H3. The fourth-order valence-electron chi connectivity index (χ4n) is 2.87. The number of carbonyl (C=O) groups excluding carboxylic acids is 1. The number of hydrogen-bond acceptors (Lipinski definition) is 6. The lowest BCUT2D eigenvalue weighted by atomic mass is 10.1. The van der Waals surface area contributed by atoms with Crippen LogP contribution in [0.25, 0.3) is 11.4 Å². The van der Waals surface area contributed by atoms with E-state index in [4.69, 9.17) is 10.3 Å². The summed E-state index contributed by atoms with van der Waals surface area (Å²) >= 11 is 0. The third-order valence-corrected chi connectivity index (χ3v) is 4.50. The van der Waals surface area contributed by atoms with Crippen LogP contribution in [0.4, 0.5) is 0 Å². The van der Waals surface area contributed by atoms with Gasteiger partial charge >= 0.3 is 0 Å². The van der Waals surface area contributed by atoms with E-state index in [1.165, 1.54) is 5.56 Å². The Morgan fingerprint density at radius 1 is 1.25 bits per heavy atom. The molecule has 7 nitrogen and oxygen atoms in total. The summed E-state index contributed by atoms with van der Waals surface area (Å²) in [5.41, 5.74) is 7.56. The number of carbonyl (C=O) groups is 1. The SMILES string of the molecule is Cc1ccc(-c2noc(C(C)N3CCN(C(=O)CN)CC3)n2)cc1. The maximum absolute atomic E-state index is 11.6. The Bertz CT molecular complexity index is 689. The number of nitrogens with zero attached hydrogens (tertiary/aromatic N) is 4. The van der Waals surface area contributed by atoms with Crippen LogP contribution in [0.15, 0.2) is 28.8 Å². The predicted molar refractivity (Wildman–Crippen MR) is 90.1 cm³/mol. The van der Waals surface area contributed by atoms with E-state index in [9.17, 15) is 4.79 Å². The number of aromatic nitrogens is 2. The minimum absolute atomic E-state index is 0.00162. The molecule has 1 aliphatic heterocycles. The van der Waals surface area contributed by atoms with Gasteiger partial charge in [-0.2, -0.15) is 4.98 Å². The lowest BCUT2D eigenvalue weighted by Crippen LogP contribution is -2.50. The third kappa shape index (κ3) is 3.47. The third-order valence-electron chi connectivity index (χ3n) is 4.50. The number of amides is 1. The second-order valence-corrected chi connectivity index (χ2v) is 6.12. The first-order valence-corrected chi connectivity index (χ1v) is 8.21. The second-order valence-electron chi connectivity index (χ2n) is 6.12. The van der Waals surface area contributed by atoms with Crippen molar-refractivity contribution in [3.8, 4) is 11.4 Å². The van der Waals surface area contributed by atoms with Gasteiger partial charge in [0.15, 0.2) is 0 Å². The summed E-state index contributed by atoms with van der Waals surface area (Å²) in [6.07, 6.45) is 0. The van der Waals surface area contributed by atoms with Crippen molar-refractivity contribution in [1.29, 1.82) is 0 Å². The summed E-state index contributed by atoms with van der Waals surface area (Å²) in [7, 11) is 0. The van der Waals surface area contributed by atoms with Crippen LogP contribution in [0.5, 0.6) is 0 Å². The minimum atomic E-state index is 0.00162. The van der Waals surface area contributed by atoms with Gasteiger partial charge in [0.25, 0.3) is 0 Å². The summed E-state index contributed by atoms with van der Waals surface area (Å²) in [5, 5.41) is 4.09. The van der Waals surface area contributed by atoms with Crippen molar-refractivity contribution < 1.29 is 9.32 Å². The van der Waals surface area contributed by atoms with Gasteiger partial charge in [0.05, 0.1) is 12.6 Å². The van der Waals surface area contributed by atoms with Crippen molar-refractivity contribution in [3.05, 3.63) is 35.7 Å². The fraction of sp³-hybridized carbons (Fsp3) is 0.471. The van der Waals surface area contributed by atoms with Gasteiger partial charge in [-0.25, -0.2) is 0 Å². The van der Waals surface area contributed by atoms with E-state index < -0.39 is 0 Å². The highest BCUT2D eigenvalue weighted by molar-refractivity contribution is 5.78. The monoisotopic (exact) mass is 329 g/mol. The highest BCUT2D eigenvalue weighted by Crippen LogP contribution is 2.23. The fourth-order valence-corrected chi connectivity index (χ4v) is 2.87. The van der Waals surface area contributed by atoms with Gasteiger partial charge in [-0.05, 0) is 13.8 Å². The van der Waals surface area contributed by atoms with E-state index in [1.54, 1.807) is 4.90 Å². The molecule has 1 unspecified atom stereocenters. The Morgan fingerprint density at radius 2 is 1.92 bits per heavy atom. The molecule has 0 bridgehead atoms. The molecule has 1 saturated heterocycles. The lowest BCUT2D eigenvalue weighted by Gasteiger charge is -2.36. The molecule has 1 aromatic carbocycles. The number of piperazine rings is 1. The van der Waals surface area contributed by atoms with E-state index in [1.807, 2.05) is 38.1 Å². The minimum Gasteiger partial charge on any atom is -0.339 e. The smallest absolute Gasteiger partial charge is 0.244 e. The van der Waals surface area contributed by atoms with Crippen LogP contribution in [-0.2, 0) is 4.79 Å². The van der Waals surface area contributed by atoms with E-state index >= 15 is 0 Å². The molecule has 2 aromatic rings. The number of nitrogens with two attached hydrogens (primary N) is 1. The highest BCUT2D eigenvalue weighted by Gasteiger charge is 2.27. The van der Waals surface area contributed by atoms with Gasteiger partial charge in [0.2, 0.25) is 17.6 Å². The van der Waals surface area contributed by atoms with E-state index in [2.05, 4.69) is 15.0 Å². The van der Waals surface area contributed by atoms with Crippen LogP contribution < -0.4 is 5.73 Å². The molecule has 3 rings (SSSR count). The first kappa shape index (κ1) is 16.6.